The number of phenolic OH excluding ortho intramolecular Hbond substituents is 1. The van der Waals surface area contributed by atoms with E-state index in [-0.39, 0.29) is 35.0 Å². The molecule has 3 heteroatoms. The van der Waals surface area contributed by atoms with E-state index >= 15 is 0 Å². The predicted molar refractivity (Wildman–Crippen MR) is 59.1 cm³/mol. The molecular weight excluding hydrogens is 187 g/mol. The fraction of sp³-hybridized carbons (Fsp3) is 0.455. The zero-order chi connectivity index (χ0) is 10.1. The smallest absolute Gasteiger partial charge is 0.119 e. The average Bonchev–Trinajstić information content (AvgIpc) is 2.03. The van der Waals surface area contributed by atoms with E-state index in [1.54, 1.807) is 19.2 Å². The van der Waals surface area contributed by atoms with Crippen molar-refractivity contribution in [2.24, 2.45) is 0 Å². The Kier molecular flexibility index (Phi) is 4.99. The van der Waals surface area contributed by atoms with Crippen LogP contribution in [0.5, 0.6) is 11.5 Å². The topological polar surface area (TPSA) is 29.5 Å². The molecule has 1 N–H and O–H groups in total. The minimum Gasteiger partial charge on any atom is -0.508 e. The van der Waals surface area contributed by atoms with Crippen molar-refractivity contribution in [1.29, 1.82) is 0 Å². The molecule has 1 rings (SSSR count). The minimum absolute atomic E-state index is 0. The van der Waals surface area contributed by atoms with Crippen molar-refractivity contribution in [3.8, 4) is 11.5 Å². The fourth-order valence-corrected chi connectivity index (χ4v) is 1.24. The van der Waals surface area contributed by atoms with Crippen molar-refractivity contribution >= 4 is 29.6 Å². The maximum Gasteiger partial charge on any atom is 0.119 e. The number of aromatic hydroxyl groups is 1. The molecule has 0 heterocycles. The van der Waals surface area contributed by atoms with Gasteiger partial charge in [-0.1, -0.05) is 20.8 Å². The van der Waals surface area contributed by atoms with Crippen molar-refractivity contribution in [2.45, 2.75) is 26.2 Å². The number of phenols is 1. The molecule has 0 saturated carbocycles. The summed E-state index contributed by atoms with van der Waals surface area (Å²) in [6, 6.07) is 5.29. The van der Waals surface area contributed by atoms with E-state index < -0.39 is 0 Å². The molecule has 0 aliphatic rings. The maximum absolute atomic E-state index is 9.61. The van der Waals surface area contributed by atoms with Crippen LogP contribution in [0.25, 0.3) is 0 Å². The molecule has 2 nitrogen and oxygen atoms in total. The maximum atomic E-state index is 9.61. The summed E-state index contributed by atoms with van der Waals surface area (Å²) in [5, 5.41) is 9.61. The molecule has 0 aromatic heterocycles. The van der Waals surface area contributed by atoms with Gasteiger partial charge in [0.25, 0.3) is 0 Å². The Morgan fingerprint density at radius 3 is 2.21 bits per heavy atom. The second-order valence-electron chi connectivity index (χ2n) is 4.13. The van der Waals surface area contributed by atoms with Gasteiger partial charge in [0, 0.05) is 35.1 Å². The molecule has 0 saturated heterocycles. The van der Waals surface area contributed by atoms with Gasteiger partial charge in [-0.05, 0) is 23.6 Å². The van der Waals surface area contributed by atoms with Crippen LogP contribution in [0.4, 0.5) is 0 Å². The number of ether oxygens (including phenoxy) is 1. The van der Waals surface area contributed by atoms with Crippen molar-refractivity contribution in [3.05, 3.63) is 23.8 Å². The molecule has 73 valence electrons. The largest absolute Gasteiger partial charge is 0.508 e. The molecule has 0 amide bonds. The van der Waals surface area contributed by atoms with Crippen LogP contribution in [-0.2, 0) is 5.41 Å². The Morgan fingerprint density at radius 1 is 1.21 bits per heavy atom. The summed E-state index contributed by atoms with van der Waals surface area (Å²) in [5.41, 5.74) is 0.852. The van der Waals surface area contributed by atoms with Crippen LogP contribution < -0.4 is 4.74 Å². The van der Waals surface area contributed by atoms with Gasteiger partial charge in [0.2, 0.25) is 0 Å². The van der Waals surface area contributed by atoms with Gasteiger partial charge in [-0.25, -0.2) is 0 Å². The first kappa shape index (κ1) is 13.8. The van der Waals surface area contributed by atoms with E-state index in [9.17, 15) is 5.11 Å². The Bertz CT molecular complexity index is 303. The van der Waals surface area contributed by atoms with Gasteiger partial charge in [-0.3, -0.25) is 0 Å². The molecule has 14 heavy (non-hydrogen) atoms. The van der Waals surface area contributed by atoms with Crippen molar-refractivity contribution in [1.82, 2.24) is 0 Å². The molecule has 0 aliphatic carbocycles. The molecule has 1 aromatic rings. The van der Waals surface area contributed by atoms with Crippen LogP contribution >= 0.6 is 0 Å². The summed E-state index contributed by atoms with van der Waals surface area (Å²) in [5.74, 6) is 1.11. The number of rotatable bonds is 1. The Morgan fingerprint density at radius 2 is 1.79 bits per heavy atom. The zero-order valence-electron chi connectivity index (χ0n) is 9.59. The second-order valence-corrected chi connectivity index (χ2v) is 4.13. The van der Waals surface area contributed by atoms with Crippen molar-refractivity contribution in [3.63, 3.8) is 0 Å². The Hall–Kier alpha value is -0.180. The second kappa shape index (κ2) is 5.06. The van der Waals surface area contributed by atoms with Crippen LogP contribution in [0.3, 0.4) is 0 Å². The summed E-state index contributed by atoms with van der Waals surface area (Å²) in [4.78, 5) is 0. The first-order chi connectivity index (χ1) is 5.95. The molecule has 1 aromatic carbocycles. The minimum atomic E-state index is -0.0569. The molecule has 0 atom stereocenters. The van der Waals surface area contributed by atoms with E-state index in [1.807, 2.05) is 6.07 Å². The van der Waals surface area contributed by atoms with Gasteiger partial charge >= 0.3 is 0 Å². The number of methoxy groups -OCH3 is 1. The van der Waals surface area contributed by atoms with E-state index in [0.717, 1.165) is 11.3 Å². The fourth-order valence-electron chi connectivity index (χ4n) is 1.24. The summed E-state index contributed by atoms with van der Waals surface area (Å²) < 4.78 is 5.09. The molecule has 1 radical (unpaired) electrons. The summed E-state index contributed by atoms with van der Waals surface area (Å²) in [6.45, 7) is 6.17. The van der Waals surface area contributed by atoms with Gasteiger partial charge in [0.15, 0.2) is 0 Å². The van der Waals surface area contributed by atoms with Crippen LogP contribution in [0, 0.1) is 0 Å². The van der Waals surface area contributed by atoms with Gasteiger partial charge in [-0.15, -0.1) is 0 Å². The zero-order valence-corrected chi connectivity index (χ0v) is 11.6. The molecule has 0 aliphatic heterocycles. The Balaban J connectivity index is 0.00000169. The third-order valence-corrected chi connectivity index (χ3v) is 2.01. The predicted octanol–water partition coefficient (Wildman–Crippen LogP) is 2.32. The summed E-state index contributed by atoms with van der Waals surface area (Å²) in [6.07, 6.45) is 0. The SMILES string of the molecule is COc1ccc(O)c(C(C)(C)C)c1.[Na]. The van der Waals surface area contributed by atoms with Gasteiger partial charge in [-0.2, -0.15) is 0 Å². The molecule has 0 unspecified atom stereocenters. The molecular formula is C11H16NaO2. The molecule has 0 fully saturated rings. The third kappa shape index (κ3) is 3.19. The first-order valence-corrected chi connectivity index (χ1v) is 4.32. The first-order valence-electron chi connectivity index (χ1n) is 4.32. The molecule has 0 bridgehead atoms. The van der Waals surface area contributed by atoms with Crippen LogP contribution in [0.15, 0.2) is 18.2 Å². The standard InChI is InChI=1S/C11H16O2.Na/c1-11(2,3)9-7-8(13-4)5-6-10(9)12;/h5-7,12H,1-4H3;. The molecule has 0 spiro atoms. The Labute approximate surface area is 108 Å². The summed E-state index contributed by atoms with van der Waals surface area (Å²) in [7, 11) is 1.62. The normalized spacial score (nSPS) is 10.6. The third-order valence-electron chi connectivity index (χ3n) is 2.01. The van der Waals surface area contributed by atoms with Crippen LogP contribution in [-0.4, -0.2) is 41.8 Å². The van der Waals surface area contributed by atoms with Crippen LogP contribution in [0.2, 0.25) is 0 Å². The number of hydrogen-bond donors (Lipinski definition) is 1. The quantitative estimate of drug-likeness (QED) is 0.710. The summed E-state index contributed by atoms with van der Waals surface area (Å²) >= 11 is 0. The van der Waals surface area contributed by atoms with Gasteiger partial charge in [0.05, 0.1) is 7.11 Å². The van der Waals surface area contributed by atoms with E-state index in [1.165, 1.54) is 0 Å². The van der Waals surface area contributed by atoms with Crippen LogP contribution in [0.1, 0.15) is 26.3 Å². The number of benzene rings is 1. The number of hydrogen-bond acceptors (Lipinski definition) is 2. The van der Waals surface area contributed by atoms with E-state index in [4.69, 9.17) is 4.74 Å². The van der Waals surface area contributed by atoms with Gasteiger partial charge < -0.3 is 9.84 Å². The average molecular weight is 203 g/mol. The van der Waals surface area contributed by atoms with Gasteiger partial charge in [0.1, 0.15) is 11.5 Å². The monoisotopic (exact) mass is 203 g/mol. The van der Waals surface area contributed by atoms with Crippen molar-refractivity contribution < 1.29 is 9.84 Å². The van der Waals surface area contributed by atoms with E-state index in [0.29, 0.717) is 5.75 Å². The van der Waals surface area contributed by atoms with Crippen molar-refractivity contribution in [2.75, 3.05) is 7.11 Å². The van der Waals surface area contributed by atoms with E-state index in [2.05, 4.69) is 20.8 Å².